The van der Waals surface area contributed by atoms with Crippen molar-refractivity contribution in [1.82, 2.24) is 5.32 Å². The largest absolute Gasteiger partial charge is 0.465 e. The molecule has 1 aromatic carbocycles. The Morgan fingerprint density at radius 3 is 2.71 bits per heavy atom. The third kappa shape index (κ3) is 3.11. The van der Waals surface area contributed by atoms with Crippen molar-refractivity contribution in [2.75, 3.05) is 32.9 Å². The van der Waals surface area contributed by atoms with Gasteiger partial charge in [0, 0.05) is 12.5 Å². The maximum absolute atomic E-state index is 12.8. The van der Waals surface area contributed by atoms with Gasteiger partial charge in [-0.05, 0) is 37.9 Å². The topological polar surface area (TPSA) is 47.6 Å². The van der Waals surface area contributed by atoms with Gasteiger partial charge in [0.05, 0.1) is 18.6 Å². The molecule has 1 unspecified atom stereocenters. The number of piperidine rings is 1. The fourth-order valence-electron chi connectivity index (χ4n) is 3.27. The van der Waals surface area contributed by atoms with Gasteiger partial charge in [-0.15, -0.1) is 0 Å². The van der Waals surface area contributed by atoms with Gasteiger partial charge in [-0.25, -0.2) is 0 Å². The van der Waals surface area contributed by atoms with E-state index in [4.69, 9.17) is 9.47 Å². The summed E-state index contributed by atoms with van der Waals surface area (Å²) in [6, 6.07) is 10.1. The number of esters is 1. The minimum Gasteiger partial charge on any atom is -0.465 e. The molecule has 4 heteroatoms. The summed E-state index contributed by atoms with van der Waals surface area (Å²) in [4.78, 5) is 12.8. The summed E-state index contributed by atoms with van der Waals surface area (Å²) >= 11 is 0. The van der Waals surface area contributed by atoms with Gasteiger partial charge in [-0.1, -0.05) is 30.3 Å². The molecule has 2 fully saturated rings. The number of carbonyl (C=O) groups excluding carboxylic acids is 1. The zero-order valence-corrected chi connectivity index (χ0v) is 12.3. The van der Waals surface area contributed by atoms with Crippen LogP contribution in [0, 0.1) is 5.92 Å². The molecule has 1 atom stereocenters. The molecule has 114 valence electrons. The van der Waals surface area contributed by atoms with E-state index in [-0.39, 0.29) is 5.97 Å². The molecule has 0 aromatic heterocycles. The number of carbonyl (C=O) groups is 1. The Labute approximate surface area is 125 Å². The van der Waals surface area contributed by atoms with E-state index in [0.717, 1.165) is 44.5 Å². The summed E-state index contributed by atoms with van der Waals surface area (Å²) in [6.45, 7) is 3.71. The van der Waals surface area contributed by atoms with Gasteiger partial charge in [-0.2, -0.15) is 0 Å². The summed E-state index contributed by atoms with van der Waals surface area (Å²) in [6.07, 6.45) is 2.60. The van der Waals surface area contributed by atoms with Crippen LogP contribution in [0.15, 0.2) is 30.3 Å². The Bertz CT molecular complexity index is 462. The first-order valence-corrected chi connectivity index (χ1v) is 7.82. The van der Waals surface area contributed by atoms with Crippen LogP contribution < -0.4 is 5.32 Å². The lowest BCUT2D eigenvalue weighted by molar-refractivity contribution is -0.153. The second-order valence-corrected chi connectivity index (χ2v) is 6.03. The van der Waals surface area contributed by atoms with Gasteiger partial charge >= 0.3 is 5.97 Å². The minimum absolute atomic E-state index is 0.0675. The molecule has 2 aliphatic rings. The SMILES string of the molecule is O=C(OCC1CCOC1)C1(c2ccccc2)CCNCC1. The number of hydrogen-bond acceptors (Lipinski definition) is 4. The van der Waals surface area contributed by atoms with Gasteiger partial charge in [-0.3, -0.25) is 4.79 Å². The lowest BCUT2D eigenvalue weighted by atomic mass is 9.73. The van der Waals surface area contributed by atoms with Crippen molar-refractivity contribution in [3.05, 3.63) is 35.9 Å². The average molecular weight is 289 g/mol. The van der Waals surface area contributed by atoms with Gasteiger partial charge in [0.25, 0.3) is 0 Å². The fraction of sp³-hybridized carbons (Fsp3) is 0.588. The molecule has 2 heterocycles. The molecule has 21 heavy (non-hydrogen) atoms. The highest BCUT2D eigenvalue weighted by Crippen LogP contribution is 2.35. The van der Waals surface area contributed by atoms with Crippen LogP contribution in [0.25, 0.3) is 0 Å². The van der Waals surface area contributed by atoms with Crippen molar-refractivity contribution in [2.24, 2.45) is 5.92 Å². The summed E-state index contributed by atoms with van der Waals surface area (Å²) in [5, 5.41) is 3.33. The van der Waals surface area contributed by atoms with Crippen molar-refractivity contribution in [3.63, 3.8) is 0 Å². The van der Waals surface area contributed by atoms with Crippen molar-refractivity contribution in [1.29, 1.82) is 0 Å². The predicted octanol–water partition coefficient (Wildman–Crippen LogP) is 1.89. The van der Waals surface area contributed by atoms with Crippen LogP contribution in [0.5, 0.6) is 0 Å². The van der Waals surface area contributed by atoms with E-state index in [1.165, 1.54) is 0 Å². The first-order valence-electron chi connectivity index (χ1n) is 7.82. The highest BCUT2D eigenvalue weighted by atomic mass is 16.5. The van der Waals surface area contributed by atoms with E-state index in [1.54, 1.807) is 0 Å². The first-order chi connectivity index (χ1) is 10.3. The van der Waals surface area contributed by atoms with Crippen LogP contribution in [0.2, 0.25) is 0 Å². The molecule has 0 aliphatic carbocycles. The van der Waals surface area contributed by atoms with E-state index in [1.807, 2.05) is 30.3 Å². The Morgan fingerprint density at radius 2 is 2.05 bits per heavy atom. The molecule has 4 nitrogen and oxygen atoms in total. The van der Waals surface area contributed by atoms with E-state index >= 15 is 0 Å². The van der Waals surface area contributed by atoms with Gasteiger partial charge < -0.3 is 14.8 Å². The van der Waals surface area contributed by atoms with Crippen LogP contribution in [-0.2, 0) is 19.7 Å². The zero-order valence-electron chi connectivity index (χ0n) is 12.3. The summed E-state index contributed by atoms with van der Waals surface area (Å²) in [5.41, 5.74) is 0.602. The molecular formula is C17H23NO3. The normalized spacial score (nSPS) is 24.7. The number of ether oxygens (including phenoxy) is 2. The Balaban J connectivity index is 1.73. The van der Waals surface area contributed by atoms with Crippen LogP contribution >= 0.6 is 0 Å². The summed E-state index contributed by atoms with van der Waals surface area (Å²) in [5.74, 6) is 0.297. The number of nitrogens with one attached hydrogen (secondary N) is 1. The van der Waals surface area contributed by atoms with E-state index < -0.39 is 5.41 Å². The molecule has 0 amide bonds. The summed E-state index contributed by atoms with van der Waals surface area (Å²) < 4.78 is 11.0. The van der Waals surface area contributed by atoms with E-state index in [9.17, 15) is 4.79 Å². The highest BCUT2D eigenvalue weighted by Gasteiger charge is 2.42. The van der Waals surface area contributed by atoms with Gasteiger partial charge in [0.2, 0.25) is 0 Å². The molecule has 3 rings (SSSR count). The number of benzene rings is 1. The molecule has 2 saturated heterocycles. The molecule has 0 radical (unpaired) electrons. The molecule has 0 spiro atoms. The molecule has 0 bridgehead atoms. The number of rotatable bonds is 4. The van der Waals surface area contributed by atoms with Crippen molar-refractivity contribution in [2.45, 2.75) is 24.7 Å². The smallest absolute Gasteiger partial charge is 0.316 e. The summed E-state index contributed by atoms with van der Waals surface area (Å²) in [7, 11) is 0. The first kappa shape index (κ1) is 14.5. The van der Waals surface area contributed by atoms with Gasteiger partial charge in [0.15, 0.2) is 0 Å². The molecule has 1 N–H and O–H groups in total. The van der Waals surface area contributed by atoms with E-state index in [2.05, 4.69) is 5.32 Å². The second-order valence-electron chi connectivity index (χ2n) is 6.03. The third-order valence-electron chi connectivity index (χ3n) is 4.65. The van der Waals surface area contributed by atoms with Crippen LogP contribution in [0.3, 0.4) is 0 Å². The number of hydrogen-bond donors (Lipinski definition) is 1. The van der Waals surface area contributed by atoms with Gasteiger partial charge in [0.1, 0.15) is 0 Å². The van der Waals surface area contributed by atoms with Crippen molar-refractivity contribution in [3.8, 4) is 0 Å². The predicted molar refractivity (Wildman–Crippen MR) is 80.1 cm³/mol. The lowest BCUT2D eigenvalue weighted by Gasteiger charge is -2.36. The zero-order chi connectivity index (χ0) is 14.5. The molecule has 0 saturated carbocycles. The Morgan fingerprint density at radius 1 is 1.29 bits per heavy atom. The van der Waals surface area contributed by atoms with Crippen molar-refractivity contribution < 1.29 is 14.3 Å². The highest BCUT2D eigenvalue weighted by molar-refractivity contribution is 5.83. The fourth-order valence-corrected chi connectivity index (χ4v) is 3.27. The monoisotopic (exact) mass is 289 g/mol. The molecular weight excluding hydrogens is 266 g/mol. The Kier molecular flexibility index (Phi) is 4.56. The molecule has 1 aromatic rings. The quantitative estimate of drug-likeness (QED) is 0.860. The third-order valence-corrected chi connectivity index (χ3v) is 4.65. The van der Waals surface area contributed by atoms with E-state index in [0.29, 0.717) is 19.1 Å². The maximum atomic E-state index is 12.8. The van der Waals surface area contributed by atoms with Crippen LogP contribution in [0.4, 0.5) is 0 Å². The minimum atomic E-state index is -0.480. The van der Waals surface area contributed by atoms with Crippen LogP contribution in [-0.4, -0.2) is 38.9 Å². The standard InChI is InChI=1S/C17H23NO3/c19-16(21-13-14-6-11-20-12-14)17(7-9-18-10-8-17)15-4-2-1-3-5-15/h1-5,14,18H,6-13H2. The van der Waals surface area contributed by atoms with Crippen molar-refractivity contribution >= 4 is 5.97 Å². The van der Waals surface area contributed by atoms with Crippen LogP contribution in [0.1, 0.15) is 24.8 Å². The molecule has 2 aliphatic heterocycles. The second kappa shape index (κ2) is 6.58. The maximum Gasteiger partial charge on any atom is 0.316 e. The average Bonchev–Trinajstić information content (AvgIpc) is 3.07. The Hall–Kier alpha value is -1.39. The lowest BCUT2D eigenvalue weighted by Crippen LogP contribution is -2.46.